The molecule has 1 aliphatic heterocycles. The van der Waals surface area contributed by atoms with Gasteiger partial charge in [-0.15, -0.1) is 0 Å². The van der Waals surface area contributed by atoms with Gasteiger partial charge in [-0.25, -0.2) is 0 Å². The first-order valence-corrected chi connectivity index (χ1v) is 27.1. The molecule has 0 saturated carbocycles. The third-order valence-corrected chi connectivity index (χ3v) is 14.2. The lowest BCUT2D eigenvalue weighted by atomic mass is 9.88. The highest BCUT2D eigenvalue weighted by Gasteiger charge is 2.33. The smallest absolute Gasteiger partial charge is 0.244 e. The van der Waals surface area contributed by atoms with Crippen molar-refractivity contribution in [3.63, 3.8) is 0 Å². The van der Waals surface area contributed by atoms with Gasteiger partial charge in [-0.3, -0.25) is 38.8 Å². The summed E-state index contributed by atoms with van der Waals surface area (Å²) in [4.78, 5) is 93.2. The van der Waals surface area contributed by atoms with E-state index in [1.54, 1.807) is 11.8 Å². The number of carbonyl (C=O) groups is 6. The van der Waals surface area contributed by atoms with E-state index in [0.717, 1.165) is 27.8 Å². The summed E-state index contributed by atoms with van der Waals surface area (Å²) < 4.78 is 0. The Morgan fingerprint density at radius 3 is 1.66 bits per heavy atom. The fourth-order valence-corrected chi connectivity index (χ4v) is 10.0. The van der Waals surface area contributed by atoms with E-state index in [0.29, 0.717) is 23.8 Å². The highest BCUT2D eigenvalue weighted by atomic mass is 32.2. The zero-order valence-corrected chi connectivity index (χ0v) is 43.3. The molecular formula is C52H68N12O6S3. The fourth-order valence-electron chi connectivity index (χ4n) is 7.97. The van der Waals surface area contributed by atoms with Crippen LogP contribution in [-0.2, 0) is 46.7 Å². The van der Waals surface area contributed by atoms with Crippen molar-refractivity contribution in [2.45, 2.75) is 86.2 Å². The molecule has 390 valence electrons. The molecule has 4 aromatic carbocycles. The van der Waals surface area contributed by atoms with E-state index in [4.69, 9.17) is 22.9 Å². The van der Waals surface area contributed by atoms with Crippen LogP contribution >= 0.6 is 36.2 Å². The molecule has 73 heavy (non-hydrogen) atoms. The van der Waals surface area contributed by atoms with E-state index < -0.39 is 59.7 Å². The summed E-state index contributed by atoms with van der Waals surface area (Å²) in [5, 5.41) is 17.1. The summed E-state index contributed by atoms with van der Waals surface area (Å²) >= 11 is 7.48. The third-order valence-electron chi connectivity index (χ3n) is 11.7. The van der Waals surface area contributed by atoms with Gasteiger partial charge in [-0.2, -0.15) is 36.2 Å². The maximum Gasteiger partial charge on any atom is 0.244 e. The van der Waals surface area contributed by atoms with Gasteiger partial charge in [0.05, 0.1) is 0 Å². The standard InChI is InChI=1S/C52H68N12O6S3/c53-51(54)58-23-11-21-40-47(67)63-42(28-34-13-4-1-5-14-34)46(66)57-25-26-72-31-35-15-10-16-36(27-35)32-73-33-44(60-45(65)29-39(37-17-6-2-7-18-37)38-19-8-3-9-20-38)50(70)62-41(22-12-24-59-52(55)56)48(68)64-43(30-71)49(69)61-40/h1-10,13-20,27,39-44,71H,11-12,21-26,28-33H2,(H,57,66)(H,60,65)(H,61,69)(H,62,70)(H,63,67)(H,64,68)(H4,53,54,58)(H4,55,56,59)/t40-,41-,42-,43-,44+/m0/s1. The Hall–Kier alpha value is -6.71. The summed E-state index contributed by atoms with van der Waals surface area (Å²) in [6, 6.07) is 30.8. The van der Waals surface area contributed by atoms with Crippen LogP contribution in [0.5, 0.6) is 0 Å². The molecule has 1 aliphatic rings. The van der Waals surface area contributed by atoms with E-state index in [1.165, 1.54) is 11.8 Å². The van der Waals surface area contributed by atoms with Crippen molar-refractivity contribution in [3.05, 3.63) is 143 Å². The number of nitrogens with two attached hydrogens (primary N) is 4. The zero-order valence-electron chi connectivity index (χ0n) is 40.8. The predicted octanol–water partition coefficient (Wildman–Crippen LogP) is 2.21. The lowest BCUT2D eigenvalue weighted by Crippen LogP contribution is -2.60. The summed E-state index contributed by atoms with van der Waals surface area (Å²) in [7, 11) is 0. The number of aliphatic imine (C=N–C) groups is 2. The van der Waals surface area contributed by atoms with Gasteiger partial charge in [0.1, 0.15) is 30.2 Å². The third kappa shape index (κ3) is 20.4. The minimum Gasteiger partial charge on any atom is -0.370 e. The van der Waals surface area contributed by atoms with Crippen LogP contribution in [0.4, 0.5) is 0 Å². The Bertz CT molecular complexity index is 2430. The van der Waals surface area contributed by atoms with Gasteiger partial charge < -0.3 is 54.8 Å². The lowest BCUT2D eigenvalue weighted by molar-refractivity contribution is -0.134. The zero-order chi connectivity index (χ0) is 52.4. The Morgan fingerprint density at radius 1 is 0.616 bits per heavy atom. The first-order valence-electron chi connectivity index (χ1n) is 24.2. The molecule has 18 nitrogen and oxygen atoms in total. The maximum atomic E-state index is 14.5. The van der Waals surface area contributed by atoms with Gasteiger partial charge in [-0.1, -0.05) is 115 Å². The fraction of sp³-hybridized carbons (Fsp3) is 0.385. The summed E-state index contributed by atoms with van der Waals surface area (Å²) in [6.07, 6.45) is 0.823. The number of nitrogens with zero attached hydrogens (tertiary/aromatic N) is 2. The highest BCUT2D eigenvalue weighted by Crippen LogP contribution is 2.28. The predicted molar refractivity (Wildman–Crippen MR) is 295 cm³/mol. The van der Waals surface area contributed by atoms with Gasteiger partial charge in [0.2, 0.25) is 35.4 Å². The summed E-state index contributed by atoms with van der Waals surface area (Å²) in [5.74, 6) is -2.43. The first kappa shape index (κ1) is 57.2. The van der Waals surface area contributed by atoms with Gasteiger partial charge in [0.25, 0.3) is 0 Å². The first-order chi connectivity index (χ1) is 35.3. The molecule has 1 heterocycles. The van der Waals surface area contributed by atoms with Crippen molar-refractivity contribution >= 4 is 83.5 Å². The second kappa shape index (κ2) is 31.0. The summed E-state index contributed by atoms with van der Waals surface area (Å²) in [5.41, 5.74) is 27.0. The van der Waals surface area contributed by atoms with Crippen molar-refractivity contribution < 1.29 is 28.8 Å². The number of thiol groups is 1. The van der Waals surface area contributed by atoms with E-state index in [-0.39, 0.29) is 86.9 Å². The number of benzene rings is 4. The van der Waals surface area contributed by atoms with Crippen LogP contribution in [0, 0.1) is 0 Å². The molecule has 0 aromatic heterocycles. The Balaban J connectivity index is 1.45. The topological polar surface area (TPSA) is 303 Å². The Morgan fingerprint density at radius 2 is 1.11 bits per heavy atom. The molecule has 5 rings (SSSR count). The normalized spacial score (nSPS) is 19.8. The minimum atomic E-state index is -1.30. The van der Waals surface area contributed by atoms with E-state index >= 15 is 0 Å². The van der Waals surface area contributed by atoms with Crippen LogP contribution in [0.15, 0.2) is 125 Å². The quantitative estimate of drug-likeness (QED) is 0.0333. The molecule has 0 unspecified atom stereocenters. The largest absolute Gasteiger partial charge is 0.370 e. The van der Waals surface area contributed by atoms with Gasteiger partial charge in [0, 0.05) is 67.2 Å². The number of hydrogen-bond donors (Lipinski definition) is 11. The van der Waals surface area contributed by atoms with Gasteiger partial charge in [-0.05, 0) is 53.5 Å². The van der Waals surface area contributed by atoms with Crippen LogP contribution in [0.1, 0.15) is 65.8 Å². The number of hydrogen-bond acceptors (Lipinski definition) is 11. The molecule has 4 aromatic rings. The molecular weight excluding hydrogens is 985 g/mol. The molecule has 0 aliphatic carbocycles. The van der Waals surface area contributed by atoms with Crippen LogP contribution < -0.4 is 54.8 Å². The number of amides is 6. The van der Waals surface area contributed by atoms with Crippen molar-refractivity contribution in [2.24, 2.45) is 32.9 Å². The Labute approximate surface area is 441 Å². The SMILES string of the molecule is NC(N)=NCCC[C@@H]1NC(=O)[C@H](CS)NC(=O)[C@H](CCCN=C(N)N)NC(=O)[C@H](NC(=O)CC(c2ccccc2)c2ccccc2)CSCc2cccc(c2)CSCCNC(=O)[C@H](Cc2ccccc2)NC1=O. The lowest BCUT2D eigenvalue weighted by Gasteiger charge is -2.27. The molecule has 21 heteroatoms. The number of nitrogens with one attached hydrogen (secondary N) is 6. The number of guanidine groups is 2. The van der Waals surface area contributed by atoms with Gasteiger partial charge >= 0.3 is 0 Å². The van der Waals surface area contributed by atoms with Crippen molar-refractivity contribution in [1.29, 1.82) is 0 Å². The average Bonchev–Trinajstić information content (AvgIpc) is 3.38. The second-order valence-electron chi connectivity index (χ2n) is 17.4. The molecule has 0 fully saturated rings. The highest BCUT2D eigenvalue weighted by molar-refractivity contribution is 7.98. The number of fused-ring (bicyclic) bond motifs is 2. The Kier molecular flexibility index (Phi) is 24.3. The summed E-state index contributed by atoms with van der Waals surface area (Å²) in [6.45, 7) is 0.600. The van der Waals surface area contributed by atoms with E-state index in [1.807, 2.05) is 109 Å². The number of carbonyl (C=O) groups excluding carboxylic acids is 6. The average molecular weight is 1050 g/mol. The molecule has 0 spiro atoms. The second-order valence-corrected chi connectivity index (χ2v) is 19.9. The monoisotopic (exact) mass is 1050 g/mol. The molecule has 0 radical (unpaired) electrons. The molecule has 5 atom stereocenters. The number of thioether (sulfide) groups is 2. The van der Waals surface area contributed by atoms with Gasteiger partial charge in [0.15, 0.2) is 11.9 Å². The molecule has 14 N–H and O–H groups in total. The van der Waals surface area contributed by atoms with Crippen molar-refractivity contribution in [2.75, 3.05) is 36.9 Å². The number of rotatable bonds is 16. The van der Waals surface area contributed by atoms with Crippen LogP contribution in [-0.4, -0.2) is 114 Å². The van der Waals surface area contributed by atoms with Crippen molar-refractivity contribution in [3.8, 4) is 0 Å². The molecule has 2 bridgehead atoms. The minimum absolute atomic E-state index is 0.0357. The van der Waals surface area contributed by atoms with Crippen LogP contribution in [0.25, 0.3) is 0 Å². The molecule has 6 amide bonds. The maximum absolute atomic E-state index is 14.5. The van der Waals surface area contributed by atoms with E-state index in [9.17, 15) is 28.8 Å². The van der Waals surface area contributed by atoms with E-state index in [2.05, 4.69) is 60.6 Å². The van der Waals surface area contributed by atoms with Crippen LogP contribution in [0.3, 0.4) is 0 Å². The van der Waals surface area contributed by atoms with Crippen molar-refractivity contribution in [1.82, 2.24) is 31.9 Å². The molecule has 0 saturated heterocycles. The van der Waals surface area contributed by atoms with Crippen LogP contribution in [0.2, 0.25) is 0 Å².